The van der Waals surface area contributed by atoms with Crippen LogP contribution in [-0.2, 0) is 6.54 Å². The minimum absolute atomic E-state index is 0.0864. The molecule has 0 unspecified atom stereocenters. The summed E-state index contributed by atoms with van der Waals surface area (Å²) in [6.45, 7) is 0.460. The number of nitrogens with zero attached hydrogens (tertiary/aromatic N) is 1. The lowest BCUT2D eigenvalue weighted by Gasteiger charge is -2.08. The van der Waals surface area contributed by atoms with Gasteiger partial charge in [-0.2, -0.15) is 0 Å². The lowest BCUT2D eigenvalue weighted by atomic mass is 10.3. The van der Waals surface area contributed by atoms with Crippen molar-refractivity contribution < 1.29 is 0 Å². The molecule has 0 saturated heterocycles. The number of thiophene rings is 1. The summed E-state index contributed by atoms with van der Waals surface area (Å²) in [5.41, 5.74) is 1.60. The van der Waals surface area contributed by atoms with Crippen LogP contribution < -0.4 is 10.9 Å². The van der Waals surface area contributed by atoms with E-state index >= 15 is 0 Å². The highest BCUT2D eigenvalue weighted by Crippen LogP contribution is 2.26. The van der Waals surface area contributed by atoms with Crippen LogP contribution >= 0.6 is 43.2 Å². The lowest BCUT2D eigenvalue weighted by Crippen LogP contribution is -2.13. The first-order chi connectivity index (χ1) is 9.63. The van der Waals surface area contributed by atoms with E-state index in [1.165, 1.54) is 11.3 Å². The molecule has 0 radical (unpaired) electrons. The monoisotopic (exact) mass is 413 g/mol. The van der Waals surface area contributed by atoms with E-state index in [4.69, 9.17) is 0 Å². The van der Waals surface area contributed by atoms with Gasteiger partial charge in [-0.15, -0.1) is 11.3 Å². The number of hydrogen-bond acceptors (Lipinski definition) is 4. The number of anilines is 1. The van der Waals surface area contributed by atoms with Crippen molar-refractivity contribution >= 4 is 59.1 Å². The Balaban J connectivity index is 1.84. The van der Waals surface area contributed by atoms with Gasteiger partial charge in [0.25, 0.3) is 5.56 Å². The molecule has 0 spiro atoms. The first kappa shape index (κ1) is 13.8. The third kappa shape index (κ3) is 2.79. The van der Waals surface area contributed by atoms with Gasteiger partial charge in [-0.05, 0) is 45.6 Å². The smallest absolute Gasteiger partial charge is 0.268 e. The molecular weight excluding hydrogens is 406 g/mol. The molecule has 1 aromatic carbocycles. The molecular formula is C13H9Br2N3OS. The zero-order valence-corrected chi connectivity index (χ0v) is 14.1. The molecule has 3 rings (SSSR count). The zero-order valence-electron chi connectivity index (χ0n) is 10.1. The topological polar surface area (TPSA) is 57.8 Å². The standard InChI is InChI=1S/C13H9Br2N3OS/c14-7-1-2-9(8(15)5-7)16-6-11-17-10-3-4-20-12(10)13(19)18-11/h1-5,16H,6H2,(H,17,18,19). The Morgan fingerprint density at radius 3 is 2.95 bits per heavy atom. The maximum atomic E-state index is 11.9. The van der Waals surface area contributed by atoms with E-state index in [-0.39, 0.29) is 5.56 Å². The largest absolute Gasteiger partial charge is 0.377 e. The second kappa shape index (κ2) is 5.67. The number of aromatic amines is 1. The van der Waals surface area contributed by atoms with Gasteiger partial charge in [-0.1, -0.05) is 15.9 Å². The number of aromatic nitrogens is 2. The van der Waals surface area contributed by atoms with Crippen LogP contribution in [-0.4, -0.2) is 9.97 Å². The van der Waals surface area contributed by atoms with Gasteiger partial charge in [0.15, 0.2) is 0 Å². The molecule has 0 bridgehead atoms. The summed E-state index contributed by atoms with van der Waals surface area (Å²) in [6.07, 6.45) is 0. The van der Waals surface area contributed by atoms with Gasteiger partial charge in [0, 0.05) is 14.6 Å². The van der Waals surface area contributed by atoms with Crippen molar-refractivity contribution in [3.63, 3.8) is 0 Å². The third-order valence-electron chi connectivity index (χ3n) is 2.74. The van der Waals surface area contributed by atoms with E-state index < -0.39 is 0 Å². The van der Waals surface area contributed by atoms with Crippen molar-refractivity contribution in [2.24, 2.45) is 0 Å². The Labute approximate surface area is 135 Å². The zero-order chi connectivity index (χ0) is 14.1. The van der Waals surface area contributed by atoms with E-state index in [1.807, 2.05) is 29.6 Å². The summed E-state index contributed by atoms with van der Waals surface area (Å²) in [7, 11) is 0. The molecule has 2 heterocycles. The maximum absolute atomic E-state index is 11.9. The molecule has 3 aromatic rings. The summed E-state index contributed by atoms with van der Waals surface area (Å²) in [4.78, 5) is 19.1. The Morgan fingerprint density at radius 2 is 2.15 bits per heavy atom. The highest BCUT2D eigenvalue weighted by atomic mass is 79.9. The first-order valence-corrected chi connectivity index (χ1v) is 8.25. The Morgan fingerprint density at radius 1 is 1.30 bits per heavy atom. The summed E-state index contributed by atoms with van der Waals surface area (Å²) in [6, 6.07) is 7.72. The number of fused-ring (bicyclic) bond motifs is 1. The fourth-order valence-corrected chi connectivity index (χ4v) is 3.73. The molecule has 7 heteroatoms. The van der Waals surface area contributed by atoms with Crippen LogP contribution in [0.2, 0.25) is 0 Å². The third-order valence-corrected chi connectivity index (χ3v) is 4.79. The Hall–Kier alpha value is -1.18. The van der Waals surface area contributed by atoms with Crippen LogP contribution in [0.15, 0.2) is 43.4 Å². The quantitative estimate of drug-likeness (QED) is 0.677. The molecule has 0 saturated carbocycles. The van der Waals surface area contributed by atoms with Crippen LogP contribution in [0, 0.1) is 0 Å². The second-order valence-electron chi connectivity index (χ2n) is 4.13. The number of hydrogen-bond donors (Lipinski definition) is 2. The van der Waals surface area contributed by atoms with E-state index in [9.17, 15) is 4.79 Å². The molecule has 0 aliphatic heterocycles. The van der Waals surface area contributed by atoms with Crippen LogP contribution in [0.5, 0.6) is 0 Å². The van der Waals surface area contributed by atoms with Gasteiger partial charge in [-0.3, -0.25) is 4.79 Å². The van der Waals surface area contributed by atoms with E-state index in [2.05, 4.69) is 47.1 Å². The molecule has 0 atom stereocenters. The van der Waals surface area contributed by atoms with Crippen LogP contribution in [0.4, 0.5) is 5.69 Å². The first-order valence-electron chi connectivity index (χ1n) is 5.79. The predicted octanol–water partition coefficient (Wildman–Crippen LogP) is 4.12. The number of H-pyrrole nitrogens is 1. The normalized spacial score (nSPS) is 10.9. The maximum Gasteiger partial charge on any atom is 0.268 e. The summed E-state index contributed by atoms with van der Waals surface area (Å²) < 4.78 is 2.62. The fourth-order valence-electron chi connectivity index (χ4n) is 1.82. The molecule has 0 amide bonds. The van der Waals surface area contributed by atoms with E-state index in [0.717, 1.165) is 20.1 Å². The number of benzene rings is 1. The van der Waals surface area contributed by atoms with Gasteiger partial charge in [0.2, 0.25) is 0 Å². The molecule has 0 aliphatic carbocycles. The molecule has 102 valence electrons. The number of nitrogens with one attached hydrogen (secondary N) is 2. The van der Waals surface area contributed by atoms with Crippen molar-refractivity contribution in [3.05, 3.63) is 54.8 Å². The van der Waals surface area contributed by atoms with Gasteiger partial charge < -0.3 is 10.3 Å². The highest BCUT2D eigenvalue weighted by molar-refractivity contribution is 9.11. The van der Waals surface area contributed by atoms with Crippen molar-refractivity contribution in [1.29, 1.82) is 0 Å². The van der Waals surface area contributed by atoms with E-state index in [0.29, 0.717) is 17.1 Å². The van der Waals surface area contributed by atoms with Crippen LogP contribution in [0.3, 0.4) is 0 Å². The number of halogens is 2. The molecule has 0 aliphatic rings. The molecule has 20 heavy (non-hydrogen) atoms. The summed E-state index contributed by atoms with van der Waals surface area (Å²) >= 11 is 8.30. The van der Waals surface area contributed by atoms with Gasteiger partial charge in [0.05, 0.1) is 12.1 Å². The van der Waals surface area contributed by atoms with Gasteiger partial charge in [0.1, 0.15) is 10.5 Å². The van der Waals surface area contributed by atoms with Crippen LogP contribution in [0.25, 0.3) is 10.2 Å². The summed E-state index contributed by atoms with van der Waals surface area (Å²) in [5.74, 6) is 0.621. The predicted molar refractivity (Wildman–Crippen MR) is 89.4 cm³/mol. The van der Waals surface area contributed by atoms with Crippen LogP contribution in [0.1, 0.15) is 5.82 Å². The minimum Gasteiger partial charge on any atom is -0.377 e. The van der Waals surface area contributed by atoms with Crippen molar-refractivity contribution in [3.8, 4) is 0 Å². The van der Waals surface area contributed by atoms with Gasteiger partial charge in [-0.25, -0.2) is 4.98 Å². The number of rotatable bonds is 3. The lowest BCUT2D eigenvalue weighted by molar-refractivity contribution is 0.955. The van der Waals surface area contributed by atoms with Crippen molar-refractivity contribution in [2.75, 3.05) is 5.32 Å². The average Bonchev–Trinajstić information content (AvgIpc) is 2.86. The highest BCUT2D eigenvalue weighted by Gasteiger charge is 2.06. The Bertz CT molecular complexity index is 828. The van der Waals surface area contributed by atoms with E-state index in [1.54, 1.807) is 0 Å². The minimum atomic E-state index is -0.0864. The fraction of sp³-hybridized carbons (Fsp3) is 0.0769. The summed E-state index contributed by atoms with van der Waals surface area (Å²) in [5, 5.41) is 5.11. The molecule has 2 aromatic heterocycles. The molecule has 2 N–H and O–H groups in total. The Kier molecular flexibility index (Phi) is 3.91. The van der Waals surface area contributed by atoms with Crippen molar-refractivity contribution in [1.82, 2.24) is 9.97 Å². The average molecular weight is 415 g/mol. The second-order valence-corrected chi connectivity index (χ2v) is 6.81. The van der Waals surface area contributed by atoms with Crippen molar-refractivity contribution in [2.45, 2.75) is 6.54 Å². The van der Waals surface area contributed by atoms with Gasteiger partial charge >= 0.3 is 0 Å². The molecule has 4 nitrogen and oxygen atoms in total. The molecule has 0 fully saturated rings. The SMILES string of the molecule is O=c1[nH]c(CNc2ccc(Br)cc2Br)nc2ccsc12.